The number of benzene rings is 2. The molecule has 1 amide bonds. The van der Waals surface area contributed by atoms with Gasteiger partial charge in [0.15, 0.2) is 11.5 Å². The van der Waals surface area contributed by atoms with Gasteiger partial charge >= 0.3 is 12.1 Å². The number of hydrogen-bond donors (Lipinski definition) is 1. The quantitative estimate of drug-likeness (QED) is 0.451. The van der Waals surface area contributed by atoms with Crippen LogP contribution in [0.1, 0.15) is 48.0 Å². The maximum atomic E-state index is 13.5. The number of pyridine rings is 1. The smallest absolute Gasteiger partial charge is 0.415 e. The van der Waals surface area contributed by atoms with Gasteiger partial charge in [0, 0.05) is 34.5 Å². The molecule has 4 rings (SSSR count). The highest BCUT2D eigenvalue weighted by Crippen LogP contribution is 2.46. The van der Waals surface area contributed by atoms with E-state index in [1.165, 1.54) is 11.0 Å². The number of rotatable bonds is 6. The van der Waals surface area contributed by atoms with Crippen molar-refractivity contribution in [2.45, 2.75) is 46.8 Å². The molecular weight excluding hydrogens is 476 g/mol. The van der Waals surface area contributed by atoms with Crippen molar-refractivity contribution in [1.29, 1.82) is 0 Å². The largest absolute Gasteiger partial charge is 0.496 e. The Morgan fingerprint density at radius 3 is 2.51 bits per heavy atom. The summed E-state index contributed by atoms with van der Waals surface area (Å²) in [4.78, 5) is 31.5. The number of hydrogen-bond acceptors (Lipinski definition) is 7. The molecule has 2 heterocycles. The molecule has 194 valence electrons. The highest BCUT2D eigenvalue weighted by atomic mass is 16.7. The number of carbonyl (C=O) groups is 2. The van der Waals surface area contributed by atoms with Crippen molar-refractivity contribution in [3.8, 4) is 28.4 Å². The first-order valence-electron chi connectivity index (χ1n) is 11.8. The Morgan fingerprint density at radius 2 is 1.84 bits per heavy atom. The van der Waals surface area contributed by atoms with Crippen LogP contribution in [0.2, 0.25) is 0 Å². The summed E-state index contributed by atoms with van der Waals surface area (Å²) in [5.41, 5.74) is 3.01. The highest BCUT2D eigenvalue weighted by Gasteiger charge is 2.30. The van der Waals surface area contributed by atoms with Crippen LogP contribution in [0.5, 0.6) is 17.2 Å². The molecule has 0 aliphatic carbocycles. The molecule has 0 atom stereocenters. The number of ether oxygens (including phenoxy) is 4. The first-order chi connectivity index (χ1) is 17.5. The van der Waals surface area contributed by atoms with Crippen molar-refractivity contribution in [2.24, 2.45) is 0 Å². The molecule has 9 heteroatoms. The summed E-state index contributed by atoms with van der Waals surface area (Å²) in [7, 11) is 1.59. The Morgan fingerprint density at radius 1 is 1.11 bits per heavy atom. The third-order valence-corrected chi connectivity index (χ3v) is 5.89. The lowest BCUT2D eigenvalue weighted by Crippen LogP contribution is -2.37. The van der Waals surface area contributed by atoms with Gasteiger partial charge in [-0.15, -0.1) is 0 Å². The predicted octanol–water partition coefficient (Wildman–Crippen LogP) is 5.74. The number of nitrogens with zero attached hydrogens (tertiary/aromatic N) is 2. The minimum atomic E-state index is -1.08. The van der Waals surface area contributed by atoms with Crippen LogP contribution in [0, 0.1) is 13.8 Å². The predicted molar refractivity (Wildman–Crippen MR) is 138 cm³/mol. The molecular formula is C28H30N2O7. The molecule has 0 fully saturated rings. The van der Waals surface area contributed by atoms with Gasteiger partial charge in [0.05, 0.1) is 30.6 Å². The van der Waals surface area contributed by atoms with E-state index in [1.807, 2.05) is 13.8 Å². The molecule has 0 saturated heterocycles. The molecule has 2 aromatic carbocycles. The fourth-order valence-corrected chi connectivity index (χ4v) is 4.21. The van der Waals surface area contributed by atoms with Gasteiger partial charge in [0.1, 0.15) is 11.4 Å². The zero-order valence-corrected chi connectivity index (χ0v) is 21.7. The number of fused-ring (bicyclic) bond motifs is 1. The average Bonchev–Trinajstić information content (AvgIpc) is 3.31. The molecule has 0 unspecified atom stereocenters. The molecule has 1 aromatic heterocycles. The number of carboxylic acid groups (broad SMARTS) is 1. The number of aromatic nitrogens is 1. The van der Waals surface area contributed by atoms with Gasteiger partial charge in [-0.3, -0.25) is 9.88 Å². The second kappa shape index (κ2) is 10.0. The van der Waals surface area contributed by atoms with Crippen molar-refractivity contribution >= 4 is 17.7 Å². The number of aromatic carboxylic acids is 1. The van der Waals surface area contributed by atoms with Crippen LogP contribution >= 0.6 is 0 Å². The Kier molecular flexibility index (Phi) is 6.98. The third kappa shape index (κ3) is 5.30. The summed E-state index contributed by atoms with van der Waals surface area (Å²) < 4.78 is 22.7. The summed E-state index contributed by atoms with van der Waals surface area (Å²) >= 11 is 0. The van der Waals surface area contributed by atoms with E-state index < -0.39 is 17.7 Å². The lowest BCUT2D eigenvalue weighted by molar-refractivity contribution is 0.0576. The van der Waals surface area contributed by atoms with Gasteiger partial charge < -0.3 is 24.1 Å². The molecule has 0 saturated carbocycles. The standard InChI is InChI=1S/C28H30N2O7/c1-16-13-29-22(17(2)24(16)34-6)14-30(27(33)37-28(3,4)5)18-11-21(25-23(12-18)35-15-36-25)19-9-7-8-10-20(19)26(31)32/h7-13H,14-15H2,1-6H3,(H,31,32). The van der Waals surface area contributed by atoms with Crippen LogP contribution in [-0.4, -0.2) is 41.7 Å². The van der Waals surface area contributed by atoms with Crippen LogP contribution in [0.3, 0.4) is 0 Å². The lowest BCUT2D eigenvalue weighted by atomic mass is 9.97. The normalized spacial score (nSPS) is 12.3. The van der Waals surface area contributed by atoms with Crippen LogP contribution in [-0.2, 0) is 11.3 Å². The minimum Gasteiger partial charge on any atom is -0.496 e. The van der Waals surface area contributed by atoms with Gasteiger partial charge in [-0.05, 0) is 46.8 Å². The molecule has 0 spiro atoms. The van der Waals surface area contributed by atoms with Crippen LogP contribution in [0.25, 0.3) is 11.1 Å². The van der Waals surface area contributed by atoms with E-state index in [9.17, 15) is 14.7 Å². The number of anilines is 1. The first-order valence-corrected chi connectivity index (χ1v) is 11.8. The zero-order valence-electron chi connectivity index (χ0n) is 21.7. The Hall–Kier alpha value is -4.27. The van der Waals surface area contributed by atoms with Gasteiger partial charge in [-0.2, -0.15) is 0 Å². The maximum absolute atomic E-state index is 13.5. The SMILES string of the molecule is COc1c(C)cnc(CN(C(=O)OC(C)(C)C)c2cc3c(c(-c4ccccc4C(=O)O)c2)OCO3)c1C. The van der Waals surface area contributed by atoms with Crippen LogP contribution in [0.15, 0.2) is 42.6 Å². The molecule has 3 aromatic rings. The van der Waals surface area contributed by atoms with E-state index in [0.717, 1.165) is 11.1 Å². The third-order valence-electron chi connectivity index (χ3n) is 5.89. The molecule has 1 aliphatic heterocycles. The maximum Gasteiger partial charge on any atom is 0.415 e. The van der Waals surface area contributed by atoms with Gasteiger partial charge in [0.25, 0.3) is 0 Å². The Labute approximate surface area is 215 Å². The van der Waals surface area contributed by atoms with Crippen molar-refractivity contribution < 1.29 is 33.6 Å². The van der Waals surface area contributed by atoms with Crippen LogP contribution < -0.4 is 19.1 Å². The lowest BCUT2D eigenvalue weighted by Gasteiger charge is -2.28. The van der Waals surface area contributed by atoms with Crippen LogP contribution in [0.4, 0.5) is 10.5 Å². The number of carbonyl (C=O) groups excluding carboxylic acids is 1. The molecule has 37 heavy (non-hydrogen) atoms. The molecule has 9 nitrogen and oxygen atoms in total. The topological polar surface area (TPSA) is 107 Å². The fourth-order valence-electron chi connectivity index (χ4n) is 4.21. The van der Waals surface area contributed by atoms with E-state index in [4.69, 9.17) is 18.9 Å². The summed E-state index contributed by atoms with van der Waals surface area (Å²) in [6, 6.07) is 10.00. The molecule has 1 N–H and O–H groups in total. The summed E-state index contributed by atoms with van der Waals surface area (Å²) in [6.45, 7) is 9.20. The highest BCUT2D eigenvalue weighted by molar-refractivity contribution is 5.99. The van der Waals surface area contributed by atoms with Crippen molar-refractivity contribution in [3.05, 3.63) is 65.0 Å². The zero-order chi connectivity index (χ0) is 26.9. The van der Waals surface area contributed by atoms with Gasteiger partial charge in [-0.1, -0.05) is 18.2 Å². The van der Waals surface area contributed by atoms with Gasteiger partial charge in [-0.25, -0.2) is 9.59 Å². The summed E-state index contributed by atoms with van der Waals surface area (Å²) in [5, 5.41) is 9.79. The number of aryl methyl sites for hydroxylation is 1. The van der Waals surface area contributed by atoms with Crippen molar-refractivity contribution in [3.63, 3.8) is 0 Å². The van der Waals surface area contributed by atoms with E-state index >= 15 is 0 Å². The average molecular weight is 507 g/mol. The molecule has 1 aliphatic rings. The van der Waals surface area contributed by atoms with E-state index in [0.29, 0.717) is 39.8 Å². The van der Waals surface area contributed by atoms with E-state index in [1.54, 1.807) is 64.4 Å². The Balaban J connectivity index is 1.88. The van der Waals surface area contributed by atoms with Gasteiger partial charge in [0.2, 0.25) is 6.79 Å². The molecule has 0 radical (unpaired) electrons. The monoisotopic (exact) mass is 506 g/mol. The first kappa shape index (κ1) is 25.8. The van der Waals surface area contributed by atoms with E-state index in [-0.39, 0.29) is 18.9 Å². The van der Waals surface area contributed by atoms with Crippen molar-refractivity contribution in [2.75, 3.05) is 18.8 Å². The molecule has 0 bridgehead atoms. The summed E-state index contributed by atoms with van der Waals surface area (Å²) in [5.74, 6) is 0.417. The number of methoxy groups -OCH3 is 1. The second-order valence-electron chi connectivity index (χ2n) is 9.69. The number of amides is 1. The second-order valence-corrected chi connectivity index (χ2v) is 9.69. The van der Waals surface area contributed by atoms with E-state index in [2.05, 4.69) is 4.98 Å². The number of carboxylic acids is 1. The Bertz CT molecular complexity index is 1360. The van der Waals surface area contributed by atoms with Crippen molar-refractivity contribution in [1.82, 2.24) is 4.98 Å². The summed E-state index contributed by atoms with van der Waals surface area (Å²) in [6.07, 6.45) is 1.10. The fraction of sp³-hybridized carbons (Fsp3) is 0.321. The minimum absolute atomic E-state index is 0.0245.